The van der Waals surface area contributed by atoms with Crippen molar-refractivity contribution in [3.8, 4) is 11.5 Å². The molecule has 0 fully saturated rings. The number of aromatic hydroxyl groups is 1. The molecule has 6 nitrogen and oxygen atoms in total. The van der Waals surface area contributed by atoms with E-state index in [-0.39, 0.29) is 17.1 Å². The number of hydrogen-bond acceptors (Lipinski definition) is 4. The summed E-state index contributed by atoms with van der Waals surface area (Å²) in [6.45, 7) is -1.46. The predicted octanol–water partition coefficient (Wildman–Crippen LogP) is 1.34. The van der Waals surface area contributed by atoms with E-state index in [1.54, 1.807) is 0 Å². The summed E-state index contributed by atoms with van der Waals surface area (Å²) in [5.74, 6) is -0.496. The van der Waals surface area contributed by atoms with E-state index in [4.69, 9.17) is 5.73 Å². The van der Waals surface area contributed by atoms with Crippen LogP contribution in [-0.2, 0) is 0 Å². The van der Waals surface area contributed by atoms with Crippen molar-refractivity contribution in [1.29, 1.82) is 0 Å². The molecule has 0 atom stereocenters. The van der Waals surface area contributed by atoms with Crippen LogP contribution in [0.15, 0.2) is 23.3 Å². The average Bonchev–Trinajstić information content (AvgIpc) is 2.27. The zero-order valence-electron chi connectivity index (χ0n) is 9.44. The molecule has 0 radical (unpaired) electrons. The first-order valence-electron chi connectivity index (χ1n) is 4.89. The number of phenols is 1. The van der Waals surface area contributed by atoms with E-state index >= 15 is 0 Å². The molecule has 0 saturated carbocycles. The molecule has 2 amide bonds. The Morgan fingerprint density at radius 2 is 2.21 bits per heavy atom. The lowest BCUT2D eigenvalue weighted by molar-refractivity contribution is -0.153. The number of nitrogens with two attached hydrogens (primary N) is 1. The zero-order valence-corrected chi connectivity index (χ0v) is 9.44. The zero-order chi connectivity index (χ0) is 14.5. The molecule has 0 aromatic heterocycles. The predicted molar refractivity (Wildman–Crippen MR) is 60.0 cm³/mol. The maximum atomic E-state index is 11.9. The van der Waals surface area contributed by atoms with Gasteiger partial charge in [-0.15, -0.1) is 0 Å². The summed E-state index contributed by atoms with van der Waals surface area (Å²) < 4.78 is 40.1. The second-order valence-electron chi connectivity index (χ2n) is 3.36. The van der Waals surface area contributed by atoms with E-state index in [9.17, 15) is 23.1 Å². The third kappa shape index (κ3) is 5.61. The summed E-state index contributed by atoms with van der Waals surface area (Å²) >= 11 is 0. The van der Waals surface area contributed by atoms with Crippen LogP contribution >= 0.6 is 0 Å². The minimum absolute atomic E-state index is 0.144. The lowest BCUT2D eigenvalue weighted by Crippen LogP contribution is -2.24. The minimum atomic E-state index is -4.46. The van der Waals surface area contributed by atoms with Crippen LogP contribution in [0, 0.1) is 0 Å². The smallest absolute Gasteiger partial charge is 0.422 e. The fourth-order valence-electron chi connectivity index (χ4n) is 1.05. The number of benzene rings is 1. The Kier molecular flexibility index (Phi) is 4.56. The number of hydrogen-bond donors (Lipinski definition) is 3. The highest BCUT2D eigenvalue weighted by Crippen LogP contribution is 2.24. The van der Waals surface area contributed by atoms with Gasteiger partial charge in [-0.2, -0.15) is 18.3 Å². The fraction of sp³-hybridized carbons (Fsp3) is 0.200. The van der Waals surface area contributed by atoms with Gasteiger partial charge in [-0.1, -0.05) is 0 Å². The van der Waals surface area contributed by atoms with Crippen molar-refractivity contribution < 1.29 is 27.8 Å². The Labute approximate surface area is 105 Å². The molecule has 0 aliphatic rings. The second kappa shape index (κ2) is 5.94. The number of halogens is 3. The quantitative estimate of drug-likeness (QED) is 0.572. The van der Waals surface area contributed by atoms with Crippen LogP contribution in [0.2, 0.25) is 0 Å². The largest absolute Gasteiger partial charge is 0.507 e. The molecule has 4 N–H and O–H groups in total. The van der Waals surface area contributed by atoms with Crippen molar-refractivity contribution >= 4 is 12.2 Å². The van der Waals surface area contributed by atoms with Crippen LogP contribution in [0.1, 0.15) is 5.56 Å². The first kappa shape index (κ1) is 14.6. The number of nitrogens with one attached hydrogen (secondary N) is 1. The van der Waals surface area contributed by atoms with Gasteiger partial charge in [0.25, 0.3) is 0 Å². The lowest BCUT2D eigenvalue weighted by Gasteiger charge is -2.09. The van der Waals surface area contributed by atoms with Crippen LogP contribution in [-0.4, -0.2) is 30.1 Å². The van der Waals surface area contributed by atoms with Crippen molar-refractivity contribution in [3.05, 3.63) is 23.8 Å². The molecular formula is C10H10F3N3O3. The molecule has 0 heterocycles. The van der Waals surface area contributed by atoms with Gasteiger partial charge in [0, 0.05) is 11.6 Å². The average molecular weight is 277 g/mol. The number of urea groups is 1. The number of nitrogens with zero attached hydrogens (tertiary/aromatic N) is 1. The van der Waals surface area contributed by atoms with Crippen molar-refractivity contribution in [1.82, 2.24) is 5.43 Å². The number of ether oxygens (including phenoxy) is 1. The molecule has 9 heteroatoms. The second-order valence-corrected chi connectivity index (χ2v) is 3.36. The van der Waals surface area contributed by atoms with Gasteiger partial charge in [-0.25, -0.2) is 10.2 Å². The van der Waals surface area contributed by atoms with Gasteiger partial charge < -0.3 is 15.6 Å². The normalized spacial score (nSPS) is 11.5. The van der Waals surface area contributed by atoms with Gasteiger partial charge in [-0.05, 0) is 12.1 Å². The Balaban J connectivity index is 2.69. The van der Waals surface area contributed by atoms with Crippen LogP contribution in [0.25, 0.3) is 0 Å². The lowest BCUT2D eigenvalue weighted by atomic mass is 10.2. The van der Waals surface area contributed by atoms with E-state index < -0.39 is 18.8 Å². The van der Waals surface area contributed by atoms with Crippen molar-refractivity contribution in [2.75, 3.05) is 6.61 Å². The van der Waals surface area contributed by atoms with Crippen molar-refractivity contribution in [2.45, 2.75) is 6.18 Å². The SMILES string of the molecule is NC(=O)NN=Cc1ccc(OCC(F)(F)F)cc1O. The van der Waals surface area contributed by atoms with Gasteiger partial charge >= 0.3 is 12.2 Å². The number of hydrazone groups is 1. The number of amides is 2. The first-order valence-corrected chi connectivity index (χ1v) is 4.89. The molecule has 104 valence electrons. The minimum Gasteiger partial charge on any atom is -0.507 e. The van der Waals surface area contributed by atoms with Gasteiger partial charge in [0.1, 0.15) is 11.5 Å². The number of carbonyl (C=O) groups excluding carboxylic acids is 1. The third-order valence-electron chi connectivity index (χ3n) is 1.78. The Morgan fingerprint density at radius 1 is 1.53 bits per heavy atom. The Bertz CT molecular complexity index is 489. The number of carbonyl (C=O) groups is 1. The number of primary amides is 1. The van der Waals surface area contributed by atoms with Gasteiger partial charge in [0.05, 0.1) is 6.21 Å². The monoisotopic (exact) mass is 277 g/mol. The topological polar surface area (TPSA) is 96.9 Å². The molecule has 0 aliphatic heterocycles. The molecule has 0 spiro atoms. The summed E-state index contributed by atoms with van der Waals surface area (Å²) in [5.41, 5.74) is 6.82. The molecule has 1 rings (SSSR count). The summed E-state index contributed by atoms with van der Waals surface area (Å²) in [6, 6.07) is 2.60. The summed E-state index contributed by atoms with van der Waals surface area (Å²) in [4.78, 5) is 10.3. The number of alkyl halides is 3. The summed E-state index contributed by atoms with van der Waals surface area (Å²) in [7, 11) is 0. The molecule has 1 aromatic carbocycles. The van der Waals surface area contributed by atoms with E-state index in [1.807, 2.05) is 5.43 Å². The van der Waals surface area contributed by atoms with E-state index in [0.717, 1.165) is 12.3 Å². The van der Waals surface area contributed by atoms with E-state index in [2.05, 4.69) is 9.84 Å². The van der Waals surface area contributed by atoms with Crippen LogP contribution in [0.3, 0.4) is 0 Å². The van der Waals surface area contributed by atoms with Gasteiger partial charge in [0.15, 0.2) is 6.61 Å². The standard InChI is InChI=1S/C10H10F3N3O3/c11-10(12,13)5-19-7-2-1-6(8(17)3-7)4-15-16-9(14)18/h1-4,17H,5H2,(H3,14,16,18). The molecule has 19 heavy (non-hydrogen) atoms. The Hall–Kier alpha value is -2.45. The van der Waals surface area contributed by atoms with Gasteiger partial charge in [-0.3, -0.25) is 0 Å². The van der Waals surface area contributed by atoms with E-state index in [1.165, 1.54) is 12.1 Å². The summed E-state index contributed by atoms with van der Waals surface area (Å²) in [6.07, 6.45) is -3.38. The van der Waals surface area contributed by atoms with Gasteiger partial charge in [0.2, 0.25) is 0 Å². The summed E-state index contributed by atoms with van der Waals surface area (Å²) in [5, 5.41) is 12.9. The molecule has 0 bridgehead atoms. The fourth-order valence-corrected chi connectivity index (χ4v) is 1.05. The maximum absolute atomic E-state index is 11.9. The molecular weight excluding hydrogens is 267 g/mol. The number of rotatable bonds is 4. The van der Waals surface area contributed by atoms with Crippen molar-refractivity contribution in [2.24, 2.45) is 10.8 Å². The highest BCUT2D eigenvalue weighted by molar-refractivity contribution is 5.84. The molecule has 1 aromatic rings. The van der Waals surface area contributed by atoms with Crippen molar-refractivity contribution in [3.63, 3.8) is 0 Å². The molecule has 0 unspecified atom stereocenters. The third-order valence-corrected chi connectivity index (χ3v) is 1.78. The Morgan fingerprint density at radius 3 is 2.74 bits per heavy atom. The van der Waals surface area contributed by atoms with E-state index in [0.29, 0.717) is 0 Å². The molecule has 0 aliphatic carbocycles. The first-order chi connectivity index (χ1) is 8.78. The number of phenolic OH excluding ortho intramolecular Hbond substituents is 1. The van der Waals surface area contributed by atoms with Crippen LogP contribution in [0.5, 0.6) is 11.5 Å². The van der Waals surface area contributed by atoms with Crippen LogP contribution < -0.4 is 15.9 Å². The molecule has 0 saturated heterocycles. The maximum Gasteiger partial charge on any atom is 0.422 e. The highest BCUT2D eigenvalue weighted by atomic mass is 19.4. The highest BCUT2D eigenvalue weighted by Gasteiger charge is 2.28. The van der Waals surface area contributed by atoms with Crippen LogP contribution in [0.4, 0.5) is 18.0 Å².